The largest absolute Gasteiger partial charge is 0.377 e. The van der Waals surface area contributed by atoms with Crippen molar-refractivity contribution < 1.29 is 4.74 Å². The van der Waals surface area contributed by atoms with Gasteiger partial charge in [-0.15, -0.1) is 11.3 Å². The van der Waals surface area contributed by atoms with Crippen LogP contribution < -0.4 is 11.3 Å². The van der Waals surface area contributed by atoms with E-state index in [1.54, 1.807) is 0 Å². The number of ether oxygens (including phenoxy) is 1. The standard InChI is InChI=1S/C13H24N2OS/c1-4-10-7-8-11(17-10)9-12(15-14)13(5-2)16-6-3/h7-8,12-13,15H,4-6,9,14H2,1-3H3. The van der Waals surface area contributed by atoms with Crippen molar-refractivity contribution in [1.82, 2.24) is 5.43 Å². The van der Waals surface area contributed by atoms with Gasteiger partial charge in [0.1, 0.15) is 0 Å². The predicted octanol–water partition coefficient (Wildman–Crippen LogP) is 2.50. The zero-order valence-electron chi connectivity index (χ0n) is 11.0. The van der Waals surface area contributed by atoms with E-state index < -0.39 is 0 Å². The van der Waals surface area contributed by atoms with Gasteiger partial charge in [0.05, 0.1) is 12.1 Å². The first-order chi connectivity index (χ1) is 8.24. The summed E-state index contributed by atoms with van der Waals surface area (Å²) in [4.78, 5) is 2.81. The summed E-state index contributed by atoms with van der Waals surface area (Å²) in [6.07, 6.45) is 3.22. The van der Waals surface area contributed by atoms with Crippen molar-refractivity contribution in [3.05, 3.63) is 21.9 Å². The lowest BCUT2D eigenvalue weighted by atomic mass is 10.0. The second-order valence-electron chi connectivity index (χ2n) is 4.10. The first-order valence-corrected chi connectivity index (χ1v) is 7.22. The van der Waals surface area contributed by atoms with Gasteiger partial charge >= 0.3 is 0 Å². The monoisotopic (exact) mass is 256 g/mol. The summed E-state index contributed by atoms with van der Waals surface area (Å²) in [7, 11) is 0. The van der Waals surface area contributed by atoms with Crippen LogP contribution in [-0.2, 0) is 17.6 Å². The van der Waals surface area contributed by atoms with Crippen LogP contribution in [0.15, 0.2) is 12.1 Å². The molecule has 98 valence electrons. The van der Waals surface area contributed by atoms with Crippen molar-refractivity contribution in [2.45, 2.75) is 52.2 Å². The molecule has 0 radical (unpaired) electrons. The highest BCUT2D eigenvalue weighted by Gasteiger charge is 2.20. The summed E-state index contributed by atoms with van der Waals surface area (Å²) < 4.78 is 5.71. The number of nitrogens with one attached hydrogen (secondary N) is 1. The zero-order valence-corrected chi connectivity index (χ0v) is 11.8. The summed E-state index contributed by atoms with van der Waals surface area (Å²) in [6, 6.07) is 4.60. The average molecular weight is 256 g/mol. The van der Waals surface area contributed by atoms with Crippen molar-refractivity contribution in [2.24, 2.45) is 5.84 Å². The summed E-state index contributed by atoms with van der Waals surface area (Å²) in [5, 5.41) is 0. The van der Waals surface area contributed by atoms with Crippen LogP contribution in [0.3, 0.4) is 0 Å². The third kappa shape index (κ3) is 4.39. The second-order valence-corrected chi connectivity index (χ2v) is 5.35. The van der Waals surface area contributed by atoms with Crippen LogP contribution in [-0.4, -0.2) is 18.8 Å². The molecule has 0 aliphatic heterocycles. The van der Waals surface area contributed by atoms with E-state index >= 15 is 0 Å². The van der Waals surface area contributed by atoms with Gasteiger partial charge in [0.2, 0.25) is 0 Å². The van der Waals surface area contributed by atoms with Crippen molar-refractivity contribution >= 4 is 11.3 Å². The van der Waals surface area contributed by atoms with Gasteiger partial charge in [-0.3, -0.25) is 11.3 Å². The van der Waals surface area contributed by atoms with Gasteiger partial charge in [-0.2, -0.15) is 0 Å². The molecule has 1 heterocycles. The van der Waals surface area contributed by atoms with E-state index in [0.29, 0.717) is 0 Å². The van der Waals surface area contributed by atoms with Crippen LogP contribution >= 0.6 is 11.3 Å². The molecule has 0 saturated heterocycles. The number of hydrogen-bond acceptors (Lipinski definition) is 4. The van der Waals surface area contributed by atoms with Gasteiger partial charge in [0, 0.05) is 22.8 Å². The molecule has 0 bridgehead atoms. The van der Waals surface area contributed by atoms with Crippen LogP contribution in [0.1, 0.15) is 36.9 Å². The molecule has 4 heteroatoms. The third-order valence-electron chi connectivity index (χ3n) is 2.93. The van der Waals surface area contributed by atoms with E-state index in [-0.39, 0.29) is 12.1 Å². The van der Waals surface area contributed by atoms with Gasteiger partial charge in [0.25, 0.3) is 0 Å². The van der Waals surface area contributed by atoms with E-state index in [1.165, 1.54) is 9.75 Å². The van der Waals surface area contributed by atoms with Gasteiger partial charge in [-0.05, 0) is 31.9 Å². The Morgan fingerprint density at radius 3 is 2.47 bits per heavy atom. The number of aryl methyl sites for hydroxylation is 1. The molecule has 1 rings (SSSR count). The Bertz CT molecular complexity index is 314. The third-order valence-corrected chi connectivity index (χ3v) is 4.18. The SMILES string of the molecule is CCOC(CC)C(Cc1ccc(CC)s1)NN. The van der Waals surface area contributed by atoms with Crippen molar-refractivity contribution in [2.75, 3.05) is 6.61 Å². The Balaban J connectivity index is 2.61. The molecule has 0 aliphatic carbocycles. The minimum atomic E-state index is 0.192. The predicted molar refractivity (Wildman–Crippen MR) is 74.2 cm³/mol. The molecule has 1 aromatic rings. The fourth-order valence-electron chi connectivity index (χ4n) is 1.97. The highest BCUT2D eigenvalue weighted by atomic mass is 32.1. The normalized spacial score (nSPS) is 14.8. The van der Waals surface area contributed by atoms with Gasteiger partial charge in [-0.1, -0.05) is 13.8 Å². The van der Waals surface area contributed by atoms with Crippen molar-refractivity contribution in [1.29, 1.82) is 0 Å². The highest BCUT2D eigenvalue weighted by Crippen LogP contribution is 2.20. The number of thiophene rings is 1. The molecule has 0 aromatic carbocycles. The summed E-state index contributed by atoms with van der Waals surface area (Å²) in [6.45, 7) is 7.08. The molecule has 2 unspecified atom stereocenters. The smallest absolute Gasteiger partial charge is 0.0742 e. The maximum Gasteiger partial charge on any atom is 0.0742 e. The van der Waals surface area contributed by atoms with E-state index in [0.717, 1.165) is 25.9 Å². The molecular weight excluding hydrogens is 232 g/mol. The first kappa shape index (κ1) is 14.6. The summed E-state index contributed by atoms with van der Waals surface area (Å²) in [5.41, 5.74) is 2.90. The molecule has 3 N–H and O–H groups in total. The number of hydrazine groups is 1. The van der Waals surface area contributed by atoms with Crippen molar-refractivity contribution in [3.63, 3.8) is 0 Å². The molecule has 17 heavy (non-hydrogen) atoms. The van der Waals surface area contributed by atoms with Crippen LogP contribution in [0.2, 0.25) is 0 Å². The molecule has 0 aliphatic rings. The maximum absolute atomic E-state index is 5.71. The summed E-state index contributed by atoms with van der Waals surface area (Å²) >= 11 is 1.87. The van der Waals surface area contributed by atoms with Gasteiger partial charge in [0.15, 0.2) is 0 Å². The minimum absolute atomic E-state index is 0.192. The van der Waals surface area contributed by atoms with Crippen LogP contribution in [0, 0.1) is 0 Å². The van der Waals surface area contributed by atoms with Crippen LogP contribution in [0.25, 0.3) is 0 Å². The van der Waals surface area contributed by atoms with E-state index in [1.807, 2.05) is 18.3 Å². The number of rotatable bonds is 8. The summed E-state index contributed by atoms with van der Waals surface area (Å²) in [5.74, 6) is 5.64. The van der Waals surface area contributed by atoms with Gasteiger partial charge in [-0.25, -0.2) is 0 Å². The molecule has 3 nitrogen and oxygen atoms in total. The lowest BCUT2D eigenvalue weighted by Crippen LogP contribution is -2.46. The fraction of sp³-hybridized carbons (Fsp3) is 0.692. The van der Waals surface area contributed by atoms with Gasteiger partial charge < -0.3 is 4.74 Å². The zero-order chi connectivity index (χ0) is 12.7. The van der Waals surface area contributed by atoms with E-state index in [2.05, 4.69) is 31.4 Å². The molecule has 0 saturated carbocycles. The Morgan fingerprint density at radius 2 is 2.00 bits per heavy atom. The van der Waals surface area contributed by atoms with Crippen molar-refractivity contribution in [3.8, 4) is 0 Å². The van der Waals surface area contributed by atoms with Crippen LogP contribution in [0.5, 0.6) is 0 Å². The number of nitrogens with two attached hydrogens (primary N) is 1. The Hall–Kier alpha value is -0.420. The lowest BCUT2D eigenvalue weighted by Gasteiger charge is -2.25. The quantitative estimate of drug-likeness (QED) is 0.555. The maximum atomic E-state index is 5.71. The molecular formula is C13H24N2OS. The Labute approximate surface area is 108 Å². The minimum Gasteiger partial charge on any atom is -0.377 e. The van der Waals surface area contributed by atoms with Crippen LogP contribution in [0.4, 0.5) is 0 Å². The topological polar surface area (TPSA) is 47.3 Å². The Kier molecular flexibility index (Phi) is 6.73. The second kappa shape index (κ2) is 7.82. The molecule has 2 atom stereocenters. The molecule has 1 aromatic heterocycles. The fourth-order valence-corrected chi connectivity index (χ4v) is 2.99. The molecule has 0 amide bonds. The molecule has 0 fully saturated rings. The average Bonchev–Trinajstić information content (AvgIpc) is 2.81. The first-order valence-electron chi connectivity index (χ1n) is 6.40. The van der Waals surface area contributed by atoms with E-state index in [4.69, 9.17) is 10.6 Å². The molecule has 0 spiro atoms. The van der Waals surface area contributed by atoms with E-state index in [9.17, 15) is 0 Å². The lowest BCUT2D eigenvalue weighted by molar-refractivity contribution is 0.0321. The highest BCUT2D eigenvalue weighted by molar-refractivity contribution is 7.11. The Morgan fingerprint density at radius 1 is 1.29 bits per heavy atom. The number of hydrogen-bond donors (Lipinski definition) is 2.